The van der Waals surface area contributed by atoms with Gasteiger partial charge in [0.2, 0.25) is 0 Å². The van der Waals surface area contributed by atoms with Crippen LogP contribution in [0.1, 0.15) is 65.8 Å². The molecular formula is C39H36ClN3O5. The summed E-state index contributed by atoms with van der Waals surface area (Å²) < 4.78 is 11.3. The molecule has 0 spiro atoms. The molecule has 9 heteroatoms. The van der Waals surface area contributed by atoms with E-state index in [2.05, 4.69) is 34.5 Å². The van der Waals surface area contributed by atoms with Gasteiger partial charge in [0, 0.05) is 30.6 Å². The molecule has 4 aromatic rings. The highest BCUT2D eigenvalue weighted by Gasteiger charge is 2.40. The first-order valence-electron chi connectivity index (χ1n) is 16.3. The Morgan fingerprint density at radius 3 is 2.04 bits per heavy atom. The highest BCUT2D eigenvalue weighted by atomic mass is 35.5. The first kappa shape index (κ1) is 31.5. The smallest absolute Gasteiger partial charge is 0.335 e. The summed E-state index contributed by atoms with van der Waals surface area (Å²) in [5.41, 5.74) is 6.36. The van der Waals surface area contributed by atoms with Gasteiger partial charge in [0.25, 0.3) is 11.8 Å². The second kappa shape index (κ2) is 13.2. The fourth-order valence-electron chi connectivity index (χ4n) is 7.19. The van der Waals surface area contributed by atoms with E-state index in [4.69, 9.17) is 21.1 Å². The van der Waals surface area contributed by atoms with Gasteiger partial charge in [-0.15, -0.1) is 0 Å². The van der Waals surface area contributed by atoms with Crippen molar-refractivity contribution < 1.29 is 23.9 Å². The largest absolute Gasteiger partial charge is 0.493 e. The Morgan fingerprint density at radius 2 is 1.48 bits per heavy atom. The Balaban J connectivity index is 1.35. The van der Waals surface area contributed by atoms with Gasteiger partial charge in [0.05, 0.1) is 24.4 Å². The second-order valence-electron chi connectivity index (χ2n) is 12.3. The van der Waals surface area contributed by atoms with Crippen molar-refractivity contribution in [2.45, 2.75) is 38.0 Å². The molecule has 1 fully saturated rings. The molecule has 0 unspecified atom stereocenters. The number of nitrogens with zero attached hydrogens (tertiary/aromatic N) is 2. The Labute approximate surface area is 284 Å². The molecule has 244 valence electrons. The van der Waals surface area contributed by atoms with Crippen molar-refractivity contribution >= 4 is 46.9 Å². The summed E-state index contributed by atoms with van der Waals surface area (Å²) in [4.78, 5) is 44.5. The maximum absolute atomic E-state index is 14.2. The number of rotatable bonds is 8. The highest BCUT2D eigenvalue weighted by Crippen LogP contribution is 2.50. The molecule has 0 saturated carbocycles. The number of nitrogens with one attached hydrogen (secondary N) is 1. The van der Waals surface area contributed by atoms with Crippen molar-refractivity contribution in [2.75, 3.05) is 36.6 Å². The van der Waals surface area contributed by atoms with Crippen LogP contribution >= 0.6 is 11.6 Å². The molecule has 0 aromatic heterocycles. The number of benzene rings is 4. The lowest BCUT2D eigenvalue weighted by molar-refractivity contribution is -0.122. The summed E-state index contributed by atoms with van der Waals surface area (Å²) in [6, 6.07) is 27.1. The molecule has 8 nitrogen and oxygen atoms in total. The number of anilines is 2. The van der Waals surface area contributed by atoms with Gasteiger partial charge in [-0.25, -0.2) is 9.69 Å². The average Bonchev–Trinajstić information content (AvgIpc) is 3.10. The summed E-state index contributed by atoms with van der Waals surface area (Å²) >= 11 is 6.55. The van der Waals surface area contributed by atoms with Crippen LogP contribution in [-0.2, 0) is 9.59 Å². The van der Waals surface area contributed by atoms with Gasteiger partial charge in [0.15, 0.2) is 11.5 Å². The number of imide groups is 2. The van der Waals surface area contributed by atoms with Crippen LogP contribution in [0.3, 0.4) is 0 Å². The van der Waals surface area contributed by atoms with Gasteiger partial charge >= 0.3 is 6.03 Å². The van der Waals surface area contributed by atoms with E-state index in [0.717, 1.165) is 48.4 Å². The van der Waals surface area contributed by atoms with Crippen molar-refractivity contribution in [3.63, 3.8) is 0 Å². The molecule has 0 radical (unpaired) electrons. The van der Waals surface area contributed by atoms with E-state index in [1.54, 1.807) is 12.1 Å². The zero-order valence-corrected chi connectivity index (χ0v) is 27.6. The first-order chi connectivity index (χ1) is 23.4. The number of hydrogen-bond donors (Lipinski definition) is 1. The molecule has 3 aliphatic rings. The average molecular weight is 662 g/mol. The molecule has 4 amide bonds. The summed E-state index contributed by atoms with van der Waals surface area (Å²) in [5.74, 6) is -0.582. The number of carbonyl (C=O) groups excluding carboxylic acids is 3. The van der Waals surface area contributed by atoms with Gasteiger partial charge in [-0.05, 0) is 77.4 Å². The van der Waals surface area contributed by atoms with Crippen LogP contribution in [0.15, 0.2) is 90.5 Å². The second-order valence-corrected chi connectivity index (χ2v) is 12.7. The monoisotopic (exact) mass is 661 g/mol. The van der Waals surface area contributed by atoms with Gasteiger partial charge < -0.3 is 14.4 Å². The maximum Gasteiger partial charge on any atom is 0.335 e. The number of hydrogen-bond acceptors (Lipinski definition) is 6. The minimum absolute atomic E-state index is 0.0771. The minimum Gasteiger partial charge on any atom is -0.493 e. The van der Waals surface area contributed by atoms with E-state index in [9.17, 15) is 14.4 Å². The molecule has 4 aromatic carbocycles. The van der Waals surface area contributed by atoms with Crippen molar-refractivity contribution in [3.8, 4) is 11.5 Å². The van der Waals surface area contributed by atoms with Crippen LogP contribution in [-0.4, -0.2) is 44.7 Å². The van der Waals surface area contributed by atoms with Crippen LogP contribution in [0, 0.1) is 0 Å². The summed E-state index contributed by atoms with van der Waals surface area (Å²) in [6.45, 7) is 4.26. The standard InChI is InChI=1S/C39H36ClN3O5/c1-3-18-48-36-33(40)20-24(21-34(36)47-2)19-32-37(44)41-39(46)43(38(32)45)27-22-30-28(25-10-6-4-7-11-25)14-16-42-17-15-29(31(23-27)35(30)42)26-12-8-5-9-13-26/h4-13,19-23,28-29H,3,14-18H2,1-2H3,(H,41,44,46)/b32-19+/t28-,29-/m1/s1. The number of amides is 4. The van der Waals surface area contributed by atoms with E-state index in [1.165, 1.54) is 30.0 Å². The third-order valence-electron chi connectivity index (χ3n) is 9.37. The molecule has 1 saturated heterocycles. The molecule has 0 bridgehead atoms. The van der Waals surface area contributed by atoms with Crippen molar-refractivity contribution in [3.05, 3.63) is 123 Å². The molecule has 3 heterocycles. The third-order valence-corrected chi connectivity index (χ3v) is 9.65. The molecule has 7 rings (SSSR count). The number of methoxy groups -OCH3 is 1. The predicted molar refractivity (Wildman–Crippen MR) is 187 cm³/mol. The highest BCUT2D eigenvalue weighted by molar-refractivity contribution is 6.39. The van der Waals surface area contributed by atoms with E-state index in [-0.39, 0.29) is 22.4 Å². The van der Waals surface area contributed by atoms with Crippen LogP contribution in [0.4, 0.5) is 16.2 Å². The third kappa shape index (κ3) is 5.70. The summed E-state index contributed by atoms with van der Waals surface area (Å²) in [7, 11) is 1.50. The van der Waals surface area contributed by atoms with Crippen LogP contribution in [0.25, 0.3) is 6.08 Å². The minimum atomic E-state index is -0.788. The Morgan fingerprint density at radius 1 is 0.875 bits per heavy atom. The lowest BCUT2D eigenvalue weighted by atomic mass is 9.76. The van der Waals surface area contributed by atoms with Crippen LogP contribution in [0.5, 0.6) is 11.5 Å². The number of urea groups is 1. The van der Waals surface area contributed by atoms with Crippen molar-refractivity contribution in [2.24, 2.45) is 0 Å². The number of carbonyl (C=O) groups is 3. The molecule has 2 atom stereocenters. The van der Waals surface area contributed by atoms with Crippen LogP contribution in [0.2, 0.25) is 5.02 Å². The van der Waals surface area contributed by atoms with Gasteiger partial charge in [-0.2, -0.15) is 0 Å². The first-order valence-corrected chi connectivity index (χ1v) is 16.7. The topological polar surface area (TPSA) is 88.2 Å². The fourth-order valence-corrected chi connectivity index (χ4v) is 7.47. The quantitative estimate of drug-likeness (QED) is 0.154. The summed E-state index contributed by atoms with van der Waals surface area (Å²) in [5, 5.41) is 2.68. The molecule has 3 aliphatic heterocycles. The number of ether oxygens (including phenoxy) is 2. The van der Waals surface area contributed by atoms with Gasteiger partial charge in [-0.3, -0.25) is 14.9 Å². The maximum atomic E-state index is 14.2. The van der Waals surface area contributed by atoms with Crippen LogP contribution < -0.4 is 24.6 Å². The zero-order valence-electron chi connectivity index (χ0n) is 26.9. The molecular weight excluding hydrogens is 626 g/mol. The van der Waals surface area contributed by atoms with Crippen molar-refractivity contribution in [1.29, 1.82) is 0 Å². The Kier molecular flexibility index (Phi) is 8.67. The number of barbiturate groups is 1. The Hall–Kier alpha value is -5.08. The SMILES string of the molecule is CCCOc1c(Cl)cc(/C=C2\C(=O)NC(=O)N(c3cc4c5c(c3)[C@@H](c3ccccc3)CCN5CC[C@@H]4c3ccccc3)C2=O)cc1OC. The Bertz CT molecular complexity index is 1850. The molecule has 48 heavy (non-hydrogen) atoms. The zero-order chi connectivity index (χ0) is 33.4. The van der Waals surface area contributed by atoms with Gasteiger partial charge in [0.1, 0.15) is 5.57 Å². The van der Waals surface area contributed by atoms with Crippen molar-refractivity contribution in [1.82, 2.24) is 5.32 Å². The molecule has 1 N–H and O–H groups in total. The normalized spacial score (nSPS) is 19.6. The fraction of sp³-hybridized carbons (Fsp3) is 0.256. The molecule has 0 aliphatic carbocycles. The van der Waals surface area contributed by atoms with E-state index in [0.29, 0.717) is 29.4 Å². The van der Waals surface area contributed by atoms with E-state index >= 15 is 0 Å². The van der Waals surface area contributed by atoms with E-state index < -0.39 is 17.8 Å². The van der Waals surface area contributed by atoms with Gasteiger partial charge in [-0.1, -0.05) is 79.2 Å². The lowest BCUT2D eigenvalue weighted by Crippen LogP contribution is -2.54. The number of halogens is 1. The predicted octanol–water partition coefficient (Wildman–Crippen LogP) is 7.68. The summed E-state index contributed by atoms with van der Waals surface area (Å²) in [6.07, 6.45) is 4.02. The lowest BCUT2D eigenvalue weighted by Gasteiger charge is -2.44. The van der Waals surface area contributed by atoms with E-state index in [1.807, 2.05) is 55.5 Å².